The predicted octanol–water partition coefficient (Wildman–Crippen LogP) is 0.406. The number of carbonyl (C=O) groups is 1. The molecule has 2 rings (SSSR count). The standard InChI is InChI=1S/C11H15N3O2/c1-16-11(15)9-3-2-5-13-10(9)14-6-4-8(12)7-14/h2-3,5,8H,4,6-7,12H2,1H3/t8-/m1/s1. The van der Waals surface area contributed by atoms with E-state index in [2.05, 4.69) is 4.98 Å². The Morgan fingerprint density at radius 1 is 1.69 bits per heavy atom. The number of ether oxygens (including phenoxy) is 1. The zero-order valence-corrected chi connectivity index (χ0v) is 9.22. The molecule has 86 valence electrons. The van der Waals surface area contributed by atoms with Gasteiger partial charge in [0.15, 0.2) is 0 Å². The summed E-state index contributed by atoms with van der Waals surface area (Å²) >= 11 is 0. The van der Waals surface area contributed by atoms with Gasteiger partial charge in [-0.25, -0.2) is 9.78 Å². The number of aromatic nitrogens is 1. The van der Waals surface area contributed by atoms with E-state index in [-0.39, 0.29) is 12.0 Å². The number of methoxy groups -OCH3 is 1. The second-order valence-electron chi connectivity index (χ2n) is 3.86. The first kappa shape index (κ1) is 10.9. The molecule has 5 heteroatoms. The van der Waals surface area contributed by atoms with Crippen molar-refractivity contribution in [3.63, 3.8) is 0 Å². The molecule has 0 bridgehead atoms. The molecular weight excluding hydrogens is 206 g/mol. The Balaban J connectivity index is 2.29. The fourth-order valence-electron chi connectivity index (χ4n) is 1.90. The van der Waals surface area contributed by atoms with Crippen molar-refractivity contribution in [1.29, 1.82) is 0 Å². The smallest absolute Gasteiger partial charge is 0.341 e. The summed E-state index contributed by atoms with van der Waals surface area (Å²) in [4.78, 5) is 17.8. The number of hydrogen-bond acceptors (Lipinski definition) is 5. The second-order valence-corrected chi connectivity index (χ2v) is 3.86. The second kappa shape index (κ2) is 4.49. The number of esters is 1. The Morgan fingerprint density at radius 2 is 2.50 bits per heavy atom. The Hall–Kier alpha value is -1.62. The van der Waals surface area contributed by atoms with Crippen LogP contribution in [0.5, 0.6) is 0 Å². The number of carbonyl (C=O) groups excluding carboxylic acids is 1. The van der Waals surface area contributed by atoms with Crippen molar-refractivity contribution in [3.8, 4) is 0 Å². The number of rotatable bonds is 2. The quantitative estimate of drug-likeness (QED) is 0.732. The molecule has 1 aliphatic rings. The van der Waals surface area contributed by atoms with Crippen LogP contribution >= 0.6 is 0 Å². The van der Waals surface area contributed by atoms with Crippen molar-refractivity contribution in [1.82, 2.24) is 4.98 Å². The molecule has 1 saturated heterocycles. The Labute approximate surface area is 94.2 Å². The molecule has 0 amide bonds. The average Bonchev–Trinajstić information content (AvgIpc) is 2.75. The number of anilines is 1. The zero-order valence-electron chi connectivity index (χ0n) is 9.22. The lowest BCUT2D eigenvalue weighted by atomic mass is 10.2. The lowest BCUT2D eigenvalue weighted by Crippen LogP contribution is -2.28. The lowest BCUT2D eigenvalue weighted by Gasteiger charge is -2.18. The Bertz CT molecular complexity index is 395. The third kappa shape index (κ3) is 1.99. The summed E-state index contributed by atoms with van der Waals surface area (Å²) in [5.41, 5.74) is 6.33. The summed E-state index contributed by atoms with van der Waals surface area (Å²) in [5, 5.41) is 0. The van der Waals surface area contributed by atoms with Crippen molar-refractivity contribution in [2.75, 3.05) is 25.1 Å². The summed E-state index contributed by atoms with van der Waals surface area (Å²) in [6.07, 6.45) is 2.60. The highest BCUT2D eigenvalue weighted by atomic mass is 16.5. The van der Waals surface area contributed by atoms with Gasteiger partial charge in [-0.3, -0.25) is 0 Å². The third-order valence-corrected chi connectivity index (χ3v) is 2.72. The predicted molar refractivity (Wildman–Crippen MR) is 60.4 cm³/mol. The van der Waals surface area contributed by atoms with Gasteiger partial charge in [-0.1, -0.05) is 0 Å². The van der Waals surface area contributed by atoms with Crippen LogP contribution in [0.4, 0.5) is 5.82 Å². The third-order valence-electron chi connectivity index (χ3n) is 2.72. The molecule has 1 fully saturated rings. The van der Waals surface area contributed by atoms with Crippen LogP contribution < -0.4 is 10.6 Å². The van der Waals surface area contributed by atoms with Gasteiger partial charge in [0.1, 0.15) is 11.4 Å². The van der Waals surface area contributed by atoms with E-state index < -0.39 is 0 Å². The normalized spacial score (nSPS) is 19.9. The minimum atomic E-state index is -0.358. The van der Waals surface area contributed by atoms with E-state index in [1.54, 1.807) is 18.3 Å². The molecule has 0 unspecified atom stereocenters. The molecule has 1 aromatic rings. The molecule has 2 heterocycles. The highest BCUT2D eigenvalue weighted by Gasteiger charge is 2.24. The van der Waals surface area contributed by atoms with Crippen LogP contribution in [-0.2, 0) is 4.74 Å². The van der Waals surface area contributed by atoms with Crippen molar-refractivity contribution in [2.24, 2.45) is 5.73 Å². The van der Waals surface area contributed by atoms with Crippen LogP contribution in [0.15, 0.2) is 18.3 Å². The van der Waals surface area contributed by atoms with Crippen molar-refractivity contribution < 1.29 is 9.53 Å². The number of nitrogens with zero attached hydrogens (tertiary/aromatic N) is 2. The van der Waals surface area contributed by atoms with Crippen molar-refractivity contribution in [2.45, 2.75) is 12.5 Å². The summed E-state index contributed by atoms with van der Waals surface area (Å²) in [6.45, 7) is 1.57. The van der Waals surface area contributed by atoms with Gasteiger partial charge in [-0.05, 0) is 18.6 Å². The molecule has 0 aliphatic carbocycles. The van der Waals surface area contributed by atoms with Crippen molar-refractivity contribution >= 4 is 11.8 Å². The van der Waals surface area contributed by atoms with E-state index in [1.807, 2.05) is 4.90 Å². The van der Waals surface area contributed by atoms with Gasteiger partial charge in [-0.2, -0.15) is 0 Å². The highest BCUT2D eigenvalue weighted by Crippen LogP contribution is 2.21. The van der Waals surface area contributed by atoms with Gasteiger partial charge in [0, 0.05) is 25.3 Å². The minimum Gasteiger partial charge on any atom is -0.465 e. The zero-order chi connectivity index (χ0) is 11.5. The van der Waals surface area contributed by atoms with Crippen LogP contribution in [0.1, 0.15) is 16.8 Å². The van der Waals surface area contributed by atoms with Gasteiger partial charge in [-0.15, -0.1) is 0 Å². The van der Waals surface area contributed by atoms with Crippen LogP contribution in [-0.4, -0.2) is 37.2 Å². The van der Waals surface area contributed by atoms with Crippen LogP contribution in [0.3, 0.4) is 0 Å². The van der Waals surface area contributed by atoms with Crippen molar-refractivity contribution in [3.05, 3.63) is 23.9 Å². The highest BCUT2D eigenvalue weighted by molar-refractivity contribution is 5.94. The monoisotopic (exact) mass is 221 g/mol. The SMILES string of the molecule is COC(=O)c1cccnc1N1CC[C@@H](N)C1. The number of hydrogen-bond donors (Lipinski definition) is 1. The Morgan fingerprint density at radius 3 is 3.12 bits per heavy atom. The van der Waals surface area contributed by atoms with Gasteiger partial charge in [0.2, 0.25) is 0 Å². The van der Waals surface area contributed by atoms with Gasteiger partial charge >= 0.3 is 5.97 Å². The van der Waals surface area contributed by atoms with E-state index in [0.717, 1.165) is 19.5 Å². The molecule has 0 spiro atoms. The summed E-state index contributed by atoms with van der Waals surface area (Å²) < 4.78 is 4.73. The van der Waals surface area contributed by atoms with Gasteiger partial charge in [0.05, 0.1) is 7.11 Å². The molecule has 5 nitrogen and oxygen atoms in total. The van der Waals surface area contributed by atoms with Crippen LogP contribution in [0.2, 0.25) is 0 Å². The molecule has 2 N–H and O–H groups in total. The molecular formula is C11H15N3O2. The molecule has 1 atom stereocenters. The van der Waals surface area contributed by atoms with Gasteiger partial charge < -0.3 is 15.4 Å². The molecule has 16 heavy (non-hydrogen) atoms. The summed E-state index contributed by atoms with van der Waals surface area (Å²) in [5.74, 6) is 0.311. The maximum Gasteiger partial charge on any atom is 0.341 e. The first-order valence-corrected chi connectivity index (χ1v) is 5.26. The van der Waals surface area contributed by atoms with Crippen LogP contribution in [0, 0.1) is 0 Å². The maximum atomic E-state index is 11.6. The number of nitrogens with two attached hydrogens (primary N) is 1. The maximum absolute atomic E-state index is 11.6. The molecule has 0 aromatic carbocycles. The van der Waals surface area contributed by atoms with E-state index in [0.29, 0.717) is 11.4 Å². The first-order valence-electron chi connectivity index (χ1n) is 5.26. The van der Waals surface area contributed by atoms with E-state index in [4.69, 9.17) is 10.5 Å². The van der Waals surface area contributed by atoms with E-state index in [9.17, 15) is 4.79 Å². The lowest BCUT2D eigenvalue weighted by molar-refractivity contribution is 0.0601. The fourth-order valence-corrected chi connectivity index (χ4v) is 1.90. The topological polar surface area (TPSA) is 68.5 Å². The molecule has 1 aromatic heterocycles. The minimum absolute atomic E-state index is 0.160. The average molecular weight is 221 g/mol. The molecule has 0 saturated carbocycles. The fraction of sp³-hybridized carbons (Fsp3) is 0.455. The van der Waals surface area contributed by atoms with Crippen LogP contribution in [0.25, 0.3) is 0 Å². The molecule has 0 radical (unpaired) electrons. The van der Waals surface area contributed by atoms with Gasteiger partial charge in [0.25, 0.3) is 0 Å². The van der Waals surface area contributed by atoms with E-state index in [1.165, 1.54) is 7.11 Å². The largest absolute Gasteiger partial charge is 0.465 e. The van der Waals surface area contributed by atoms with E-state index >= 15 is 0 Å². The first-order chi connectivity index (χ1) is 7.72. The number of pyridine rings is 1. The Kier molecular flexibility index (Phi) is 3.05. The summed E-state index contributed by atoms with van der Waals surface area (Å²) in [6, 6.07) is 3.61. The molecule has 1 aliphatic heterocycles. The summed E-state index contributed by atoms with van der Waals surface area (Å²) in [7, 11) is 1.37.